The number of aryl methyl sites for hydroxylation is 1. The number of benzene rings is 2. The van der Waals surface area contributed by atoms with Gasteiger partial charge in [0, 0.05) is 18.7 Å². The Labute approximate surface area is 147 Å². The van der Waals surface area contributed by atoms with Crippen molar-refractivity contribution in [3.05, 3.63) is 71.0 Å². The van der Waals surface area contributed by atoms with Crippen LogP contribution in [0.2, 0.25) is 0 Å². The number of hydrogen-bond acceptors (Lipinski definition) is 3. The summed E-state index contributed by atoms with van der Waals surface area (Å²) in [6.07, 6.45) is 0.719. The summed E-state index contributed by atoms with van der Waals surface area (Å²) in [6.45, 7) is 2.60. The number of halogens is 1. The van der Waals surface area contributed by atoms with Crippen LogP contribution in [0.15, 0.2) is 48.5 Å². The summed E-state index contributed by atoms with van der Waals surface area (Å²) in [5.41, 5.74) is 2.44. The van der Waals surface area contributed by atoms with Gasteiger partial charge in [0.2, 0.25) is 0 Å². The van der Waals surface area contributed by atoms with Gasteiger partial charge in [-0.2, -0.15) is 0 Å². The van der Waals surface area contributed by atoms with E-state index in [1.165, 1.54) is 19.2 Å². The number of amides is 1. The molecule has 0 N–H and O–H groups in total. The summed E-state index contributed by atoms with van der Waals surface area (Å²) < 4.78 is 17.7. The van der Waals surface area contributed by atoms with E-state index < -0.39 is 0 Å². The van der Waals surface area contributed by atoms with Crippen LogP contribution in [0.3, 0.4) is 0 Å². The van der Waals surface area contributed by atoms with Crippen LogP contribution < -0.4 is 0 Å². The predicted octanol–water partition coefficient (Wildman–Crippen LogP) is 3.38. The van der Waals surface area contributed by atoms with E-state index in [1.54, 1.807) is 23.1 Å². The summed E-state index contributed by atoms with van der Waals surface area (Å²) in [5.74, 6) is -0.768. The molecule has 0 unspecified atom stereocenters. The fourth-order valence-electron chi connectivity index (χ4n) is 2.54. The molecule has 0 aliphatic carbocycles. The van der Waals surface area contributed by atoms with E-state index >= 15 is 0 Å². The van der Waals surface area contributed by atoms with Crippen molar-refractivity contribution in [2.45, 2.75) is 19.8 Å². The summed E-state index contributed by atoms with van der Waals surface area (Å²) >= 11 is 0. The normalized spacial score (nSPS) is 10.4. The van der Waals surface area contributed by atoms with Gasteiger partial charge >= 0.3 is 5.97 Å². The minimum Gasteiger partial charge on any atom is -0.469 e. The molecule has 1 amide bonds. The Balaban J connectivity index is 2.11. The Morgan fingerprint density at radius 3 is 2.36 bits per heavy atom. The molecule has 0 fully saturated rings. The highest BCUT2D eigenvalue weighted by Gasteiger charge is 2.18. The molecule has 132 valence electrons. The highest BCUT2D eigenvalue weighted by molar-refractivity contribution is 5.95. The van der Waals surface area contributed by atoms with Gasteiger partial charge in [0.05, 0.1) is 13.5 Å². The molecule has 2 aromatic carbocycles. The lowest BCUT2D eigenvalue weighted by Crippen LogP contribution is -2.35. The SMILES string of the molecule is COC(=O)CCN(CCc1ccc(F)cc1)C(=O)c1ccccc1C. The molecule has 2 rings (SSSR count). The van der Waals surface area contributed by atoms with E-state index in [1.807, 2.05) is 25.1 Å². The smallest absolute Gasteiger partial charge is 0.307 e. The van der Waals surface area contributed by atoms with Crippen LogP contribution in [-0.4, -0.2) is 37.0 Å². The molecular weight excluding hydrogens is 321 g/mol. The first kappa shape index (κ1) is 18.6. The number of ether oxygens (including phenoxy) is 1. The van der Waals surface area contributed by atoms with E-state index in [-0.39, 0.29) is 30.7 Å². The Morgan fingerprint density at radius 1 is 1.04 bits per heavy atom. The van der Waals surface area contributed by atoms with Gasteiger partial charge in [-0.25, -0.2) is 4.39 Å². The molecule has 0 radical (unpaired) electrons. The number of methoxy groups -OCH3 is 1. The average Bonchev–Trinajstić information content (AvgIpc) is 2.62. The highest BCUT2D eigenvalue weighted by atomic mass is 19.1. The van der Waals surface area contributed by atoms with E-state index in [2.05, 4.69) is 4.74 Å². The Kier molecular flexibility index (Phi) is 6.69. The predicted molar refractivity (Wildman–Crippen MR) is 93.8 cm³/mol. The van der Waals surface area contributed by atoms with E-state index in [0.29, 0.717) is 18.5 Å². The second-order valence-electron chi connectivity index (χ2n) is 5.81. The molecule has 0 aromatic heterocycles. The third-order valence-electron chi connectivity index (χ3n) is 4.06. The van der Waals surface area contributed by atoms with Gasteiger partial charge in [-0.15, -0.1) is 0 Å². The number of carbonyl (C=O) groups excluding carboxylic acids is 2. The van der Waals surface area contributed by atoms with Crippen molar-refractivity contribution in [2.24, 2.45) is 0 Å². The fraction of sp³-hybridized carbons (Fsp3) is 0.300. The topological polar surface area (TPSA) is 46.6 Å². The Bertz CT molecular complexity index is 728. The summed E-state index contributed by atoms with van der Waals surface area (Å²) in [5, 5.41) is 0. The van der Waals surface area contributed by atoms with Crippen LogP contribution in [0, 0.1) is 12.7 Å². The lowest BCUT2D eigenvalue weighted by Gasteiger charge is -2.23. The molecule has 0 aliphatic rings. The molecule has 25 heavy (non-hydrogen) atoms. The van der Waals surface area contributed by atoms with Gasteiger partial charge in [0.1, 0.15) is 5.82 Å². The van der Waals surface area contributed by atoms with Crippen LogP contribution >= 0.6 is 0 Å². The second kappa shape index (κ2) is 8.97. The quantitative estimate of drug-likeness (QED) is 0.724. The zero-order valence-corrected chi connectivity index (χ0v) is 14.5. The number of carbonyl (C=O) groups is 2. The van der Waals surface area contributed by atoms with Crippen molar-refractivity contribution in [1.82, 2.24) is 4.90 Å². The van der Waals surface area contributed by atoms with Crippen molar-refractivity contribution < 1.29 is 18.7 Å². The second-order valence-corrected chi connectivity index (χ2v) is 5.81. The Morgan fingerprint density at radius 2 is 1.72 bits per heavy atom. The zero-order chi connectivity index (χ0) is 18.2. The lowest BCUT2D eigenvalue weighted by atomic mass is 10.1. The van der Waals surface area contributed by atoms with Crippen molar-refractivity contribution in [3.63, 3.8) is 0 Å². The van der Waals surface area contributed by atoms with Crippen molar-refractivity contribution >= 4 is 11.9 Å². The van der Waals surface area contributed by atoms with Gasteiger partial charge in [-0.05, 0) is 42.7 Å². The van der Waals surface area contributed by atoms with Gasteiger partial charge in [0.25, 0.3) is 5.91 Å². The lowest BCUT2D eigenvalue weighted by molar-refractivity contribution is -0.140. The molecule has 0 heterocycles. The first-order chi connectivity index (χ1) is 12.0. The monoisotopic (exact) mass is 343 g/mol. The average molecular weight is 343 g/mol. The molecule has 0 atom stereocenters. The van der Waals surface area contributed by atoms with E-state index in [4.69, 9.17) is 0 Å². The molecule has 5 heteroatoms. The molecule has 0 aliphatic heterocycles. The zero-order valence-electron chi connectivity index (χ0n) is 14.5. The maximum Gasteiger partial charge on any atom is 0.307 e. The third-order valence-corrected chi connectivity index (χ3v) is 4.06. The molecule has 0 spiro atoms. The Hall–Kier alpha value is -2.69. The molecule has 0 saturated carbocycles. The van der Waals surface area contributed by atoms with Crippen LogP contribution in [-0.2, 0) is 16.0 Å². The van der Waals surface area contributed by atoms with E-state index in [9.17, 15) is 14.0 Å². The minimum absolute atomic E-state index is 0.121. The summed E-state index contributed by atoms with van der Waals surface area (Å²) in [6, 6.07) is 13.6. The first-order valence-corrected chi connectivity index (χ1v) is 8.17. The van der Waals surface area contributed by atoms with Crippen molar-refractivity contribution in [2.75, 3.05) is 20.2 Å². The van der Waals surface area contributed by atoms with Crippen LogP contribution in [0.25, 0.3) is 0 Å². The van der Waals surface area contributed by atoms with Crippen LogP contribution in [0.5, 0.6) is 0 Å². The number of esters is 1. The van der Waals surface area contributed by atoms with Gasteiger partial charge in [-0.1, -0.05) is 30.3 Å². The van der Waals surface area contributed by atoms with Crippen LogP contribution in [0.1, 0.15) is 27.9 Å². The maximum atomic E-state index is 13.0. The standard InChI is InChI=1S/C20H22FNO3/c1-15-5-3-4-6-18(15)20(24)22(14-12-19(23)25-2)13-11-16-7-9-17(21)10-8-16/h3-10H,11-14H2,1-2H3. The largest absolute Gasteiger partial charge is 0.469 e. The molecule has 4 nitrogen and oxygen atoms in total. The van der Waals surface area contributed by atoms with Gasteiger partial charge in [0.15, 0.2) is 0 Å². The molecule has 0 saturated heterocycles. The summed E-state index contributed by atoms with van der Waals surface area (Å²) in [7, 11) is 1.33. The van der Waals surface area contributed by atoms with Gasteiger partial charge < -0.3 is 9.64 Å². The maximum absolute atomic E-state index is 13.0. The van der Waals surface area contributed by atoms with Crippen LogP contribution in [0.4, 0.5) is 4.39 Å². The molecule has 0 bridgehead atoms. The minimum atomic E-state index is -0.357. The number of nitrogens with zero attached hydrogens (tertiary/aromatic N) is 1. The highest BCUT2D eigenvalue weighted by Crippen LogP contribution is 2.13. The third kappa shape index (κ3) is 5.41. The van der Waals surface area contributed by atoms with Gasteiger partial charge in [-0.3, -0.25) is 9.59 Å². The first-order valence-electron chi connectivity index (χ1n) is 8.17. The van der Waals surface area contributed by atoms with E-state index in [0.717, 1.165) is 11.1 Å². The number of rotatable bonds is 7. The number of hydrogen-bond donors (Lipinski definition) is 0. The molecule has 2 aromatic rings. The van der Waals surface area contributed by atoms with Crippen molar-refractivity contribution in [3.8, 4) is 0 Å². The fourth-order valence-corrected chi connectivity index (χ4v) is 2.54. The summed E-state index contributed by atoms with van der Waals surface area (Å²) in [4.78, 5) is 25.9. The van der Waals surface area contributed by atoms with Crippen molar-refractivity contribution in [1.29, 1.82) is 0 Å². The molecular formula is C20H22FNO3.